The van der Waals surface area contributed by atoms with E-state index in [4.69, 9.17) is 4.74 Å². The van der Waals surface area contributed by atoms with E-state index in [2.05, 4.69) is 12.6 Å². The molecule has 0 unspecified atom stereocenters. The van der Waals surface area contributed by atoms with Gasteiger partial charge in [0.05, 0.1) is 12.5 Å². The summed E-state index contributed by atoms with van der Waals surface area (Å²) in [6, 6.07) is 0. The van der Waals surface area contributed by atoms with Crippen molar-refractivity contribution in [1.29, 1.82) is 0 Å². The second-order valence-corrected chi connectivity index (χ2v) is 8.38. The molecule has 0 bridgehead atoms. The van der Waals surface area contributed by atoms with Crippen LogP contribution in [0.25, 0.3) is 0 Å². The zero-order valence-electron chi connectivity index (χ0n) is 14.7. The van der Waals surface area contributed by atoms with Gasteiger partial charge in [-0.1, -0.05) is 49.5 Å². The molecule has 0 aliphatic carbocycles. The van der Waals surface area contributed by atoms with Gasteiger partial charge in [-0.3, -0.25) is 9.59 Å². The molecule has 24 heavy (non-hydrogen) atoms. The lowest BCUT2D eigenvalue weighted by molar-refractivity contribution is -0.128. The highest BCUT2D eigenvalue weighted by molar-refractivity contribution is 7.99. The summed E-state index contributed by atoms with van der Waals surface area (Å²) in [5.41, 5.74) is -0.525. The Kier molecular flexibility index (Phi) is 17.0. The van der Waals surface area contributed by atoms with Crippen LogP contribution in [0.15, 0.2) is 0 Å². The summed E-state index contributed by atoms with van der Waals surface area (Å²) in [7, 11) is 0. The Morgan fingerprint density at radius 2 is 1.54 bits per heavy atom. The normalized spacial score (nSPS) is 11.4. The SMILES string of the molecule is C.C.CCC(C)(C)C(=O)CCOCSCCC(=O)C(C)(C)CCS. The third-order valence-electron chi connectivity index (χ3n) is 4.24. The maximum absolute atomic E-state index is 12.0. The van der Waals surface area contributed by atoms with Gasteiger partial charge in [-0.2, -0.15) is 12.6 Å². The summed E-state index contributed by atoms with van der Waals surface area (Å²) < 4.78 is 5.48. The molecule has 0 amide bonds. The van der Waals surface area contributed by atoms with Gasteiger partial charge in [0, 0.05) is 29.4 Å². The van der Waals surface area contributed by atoms with E-state index >= 15 is 0 Å². The third kappa shape index (κ3) is 11.5. The van der Waals surface area contributed by atoms with Crippen molar-refractivity contribution in [2.75, 3.05) is 24.1 Å². The summed E-state index contributed by atoms with van der Waals surface area (Å²) >= 11 is 5.80. The van der Waals surface area contributed by atoms with Crippen molar-refractivity contribution >= 4 is 36.0 Å². The van der Waals surface area contributed by atoms with E-state index in [9.17, 15) is 9.59 Å². The van der Waals surface area contributed by atoms with Gasteiger partial charge >= 0.3 is 0 Å². The molecule has 0 saturated carbocycles. The molecule has 0 aromatic rings. The Labute approximate surface area is 160 Å². The van der Waals surface area contributed by atoms with Crippen LogP contribution in [0.5, 0.6) is 0 Å². The first-order chi connectivity index (χ1) is 10.2. The topological polar surface area (TPSA) is 43.4 Å². The number of Topliss-reactive ketones (excluding diaryl/α,β-unsaturated/α-hetero) is 2. The number of ether oxygens (including phenoxy) is 1. The summed E-state index contributed by atoms with van der Waals surface area (Å²) in [5.74, 6) is 2.58. The number of thioether (sulfide) groups is 1. The highest BCUT2D eigenvalue weighted by Crippen LogP contribution is 2.25. The molecule has 0 saturated heterocycles. The fraction of sp³-hybridized carbons (Fsp3) is 0.895. The Morgan fingerprint density at radius 3 is 2.04 bits per heavy atom. The van der Waals surface area contributed by atoms with Crippen molar-refractivity contribution in [2.24, 2.45) is 10.8 Å². The molecule has 0 spiro atoms. The van der Waals surface area contributed by atoms with Gasteiger partial charge in [0.15, 0.2) is 0 Å². The minimum absolute atomic E-state index is 0. The monoisotopic (exact) mass is 380 g/mol. The molecular formula is C19H40O3S2. The molecule has 0 aromatic carbocycles. The molecule has 0 radical (unpaired) electrons. The quantitative estimate of drug-likeness (QED) is 0.254. The van der Waals surface area contributed by atoms with Crippen molar-refractivity contribution in [3.05, 3.63) is 0 Å². The zero-order valence-corrected chi connectivity index (χ0v) is 16.4. The third-order valence-corrected chi connectivity index (χ3v) is 5.29. The Balaban J connectivity index is -0.00000220. The average molecular weight is 381 g/mol. The van der Waals surface area contributed by atoms with E-state index in [1.54, 1.807) is 11.8 Å². The van der Waals surface area contributed by atoms with Gasteiger partial charge in [0.2, 0.25) is 0 Å². The second-order valence-electron chi connectivity index (χ2n) is 6.88. The summed E-state index contributed by atoms with van der Waals surface area (Å²) in [6.45, 7) is 10.4. The number of hydrogen-bond donors (Lipinski definition) is 1. The average Bonchev–Trinajstić information content (AvgIpc) is 2.45. The minimum Gasteiger partial charge on any atom is -0.370 e. The predicted molar refractivity (Wildman–Crippen MR) is 112 cm³/mol. The van der Waals surface area contributed by atoms with Gasteiger partial charge < -0.3 is 4.74 Å². The summed E-state index contributed by atoms with van der Waals surface area (Å²) in [4.78, 5) is 24.0. The van der Waals surface area contributed by atoms with Crippen molar-refractivity contribution in [3.63, 3.8) is 0 Å². The van der Waals surface area contributed by atoms with E-state index < -0.39 is 0 Å². The first kappa shape index (κ1) is 28.8. The van der Waals surface area contributed by atoms with E-state index in [0.29, 0.717) is 25.4 Å². The van der Waals surface area contributed by atoms with Crippen molar-refractivity contribution in [1.82, 2.24) is 0 Å². The number of thiol groups is 1. The molecule has 0 rings (SSSR count). The van der Waals surface area contributed by atoms with Crippen LogP contribution in [0.2, 0.25) is 0 Å². The van der Waals surface area contributed by atoms with Crippen LogP contribution in [0, 0.1) is 10.8 Å². The van der Waals surface area contributed by atoms with Crippen LogP contribution in [-0.4, -0.2) is 35.6 Å². The molecule has 0 N–H and O–H groups in total. The van der Waals surface area contributed by atoms with Gasteiger partial charge in [0.25, 0.3) is 0 Å². The summed E-state index contributed by atoms with van der Waals surface area (Å²) in [6.07, 6.45) is 2.70. The molecular weight excluding hydrogens is 340 g/mol. The molecule has 0 fully saturated rings. The van der Waals surface area contributed by atoms with Crippen LogP contribution < -0.4 is 0 Å². The van der Waals surface area contributed by atoms with Gasteiger partial charge in [-0.05, 0) is 18.6 Å². The lowest BCUT2D eigenvalue weighted by atomic mass is 9.84. The van der Waals surface area contributed by atoms with Crippen molar-refractivity contribution in [2.45, 2.75) is 75.2 Å². The predicted octanol–water partition coefficient (Wildman–Crippen LogP) is 5.67. The Morgan fingerprint density at radius 1 is 1.00 bits per heavy atom. The van der Waals surface area contributed by atoms with Crippen LogP contribution in [0.4, 0.5) is 0 Å². The molecule has 0 heterocycles. The molecule has 0 aliphatic rings. The maximum Gasteiger partial charge on any atom is 0.140 e. The first-order valence-corrected chi connectivity index (χ1v) is 9.79. The largest absolute Gasteiger partial charge is 0.370 e. The van der Waals surface area contributed by atoms with E-state index in [-0.39, 0.29) is 37.2 Å². The number of rotatable bonds is 13. The van der Waals surface area contributed by atoms with Gasteiger partial charge in [-0.25, -0.2) is 0 Å². The van der Waals surface area contributed by atoms with E-state index in [1.807, 2.05) is 34.6 Å². The van der Waals surface area contributed by atoms with Crippen molar-refractivity contribution in [3.8, 4) is 0 Å². The van der Waals surface area contributed by atoms with Gasteiger partial charge in [0.1, 0.15) is 11.6 Å². The lowest BCUT2D eigenvalue weighted by Gasteiger charge is -2.22. The van der Waals surface area contributed by atoms with Gasteiger partial charge in [-0.15, -0.1) is 11.8 Å². The summed E-state index contributed by atoms with van der Waals surface area (Å²) in [5, 5.41) is 0. The number of hydrogen-bond acceptors (Lipinski definition) is 5. The standard InChI is InChI=1S/C17H32O3S2.2CH4/c1-6-16(2,3)14(18)7-10-20-13-22-12-8-15(19)17(4,5)9-11-21;;/h21H,6-13H2,1-5H3;2*1H4. The molecule has 5 heteroatoms. The first-order valence-electron chi connectivity index (χ1n) is 8.00. The highest BCUT2D eigenvalue weighted by Gasteiger charge is 2.26. The molecule has 3 nitrogen and oxygen atoms in total. The minimum atomic E-state index is -0.276. The van der Waals surface area contributed by atoms with E-state index in [1.165, 1.54) is 0 Å². The number of carbonyl (C=O) groups is 2. The number of carbonyl (C=O) groups excluding carboxylic acids is 2. The molecule has 0 aliphatic heterocycles. The van der Waals surface area contributed by atoms with E-state index in [0.717, 1.165) is 24.3 Å². The fourth-order valence-corrected chi connectivity index (χ4v) is 3.04. The molecule has 0 aromatic heterocycles. The molecule has 146 valence electrons. The van der Waals surface area contributed by atoms with Crippen LogP contribution >= 0.6 is 24.4 Å². The smallest absolute Gasteiger partial charge is 0.140 e. The number of ketones is 2. The van der Waals surface area contributed by atoms with Crippen LogP contribution in [0.1, 0.15) is 75.2 Å². The van der Waals surface area contributed by atoms with Crippen LogP contribution in [0.3, 0.4) is 0 Å². The second kappa shape index (κ2) is 14.2. The molecule has 0 atom stereocenters. The maximum atomic E-state index is 12.0. The zero-order chi connectivity index (χ0) is 17.2. The van der Waals surface area contributed by atoms with Crippen LogP contribution in [-0.2, 0) is 14.3 Å². The lowest BCUT2D eigenvalue weighted by Crippen LogP contribution is -2.25. The Bertz CT molecular complexity index is 353. The van der Waals surface area contributed by atoms with Crippen molar-refractivity contribution < 1.29 is 14.3 Å². The highest BCUT2D eigenvalue weighted by atomic mass is 32.2. The Hall–Kier alpha value is -0.0000000000000000555. The fourth-order valence-electron chi connectivity index (χ4n) is 1.80.